The summed E-state index contributed by atoms with van der Waals surface area (Å²) in [5.41, 5.74) is 2.67. The molecule has 2 aromatic rings. The van der Waals surface area contributed by atoms with Crippen molar-refractivity contribution >= 4 is 40.6 Å². The molecule has 3 atom stereocenters. The molecule has 0 bridgehead atoms. The number of carbonyl (C=O) groups excluding carboxylic acids is 2. The molecule has 2 unspecified atom stereocenters. The van der Waals surface area contributed by atoms with Crippen molar-refractivity contribution in [1.29, 1.82) is 0 Å². The first-order valence-electron chi connectivity index (χ1n) is 15.3. The highest BCUT2D eigenvalue weighted by Gasteiger charge is 2.47. The molecule has 2 amide bonds. The van der Waals surface area contributed by atoms with Crippen LogP contribution in [0.2, 0.25) is 0 Å². The highest BCUT2D eigenvalue weighted by Crippen LogP contribution is 2.43. The number of ether oxygens (including phenoxy) is 5. The molecule has 0 radical (unpaired) electrons. The van der Waals surface area contributed by atoms with Crippen LogP contribution in [-0.2, 0) is 19.0 Å². The standard InChI is InChI=1S/C33H40N2O9S/c1-3-14-43-33(39)35-25-20-28(41-15-7-4-5-9-29(36)37)27(40-2)19-24(25)31(38)34-13-11-22(23-12-17-45-21-23)18-26(34)32(35)44-30-10-6-8-16-42-30/h3,11-12,17,19-21,26,30,32H,1,4-10,13-16,18H2,2H3,(H,36,37)/t26-,30?,32?/m0/s1. The monoisotopic (exact) mass is 640 g/mol. The Morgan fingerprint density at radius 2 is 2.07 bits per heavy atom. The van der Waals surface area contributed by atoms with Crippen molar-refractivity contribution in [3.63, 3.8) is 0 Å². The Balaban J connectivity index is 1.55. The molecule has 242 valence electrons. The number of amides is 2. The fourth-order valence-corrected chi connectivity index (χ4v) is 6.53. The molecule has 1 saturated heterocycles. The van der Waals surface area contributed by atoms with Crippen LogP contribution in [-0.4, -0.2) is 80.0 Å². The summed E-state index contributed by atoms with van der Waals surface area (Å²) in [6, 6.07) is 4.73. The normalized spacial score (nSPS) is 21.2. The SMILES string of the molecule is C=CCOC(=O)N1c2cc(OCCCCCC(=O)O)c(OC)cc2C(=O)N2CC=C(c3ccsc3)C[C@H]2C1OC1CCCCO1. The number of hydrogen-bond donors (Lipinski definition) is 1. The molecular weight excluding hydrogens is 600 g/mol. The van der Waals surface area contributed by atoms with E-state index in [1.807, 2.05) is 11.4 Å². The average molecular weight is 641 g/mol. The molecule has 11 nitrogen and oxygen atoms in total. The molecule has 0 spiro atoms. The number of nitrogens with zero attached hydrogens (tertiary/aromatic N) is 2. The number of carbonyl (C=O) groups is 3. The second kappa shape index (κ2) is 15.4. The first-order valence-corrected chi connectivity index (χ1v) is 16.3. The number of anilines is 1. The Bertz CT molecular complexity index is 1390. The van der Waals surface area contributed by atoms with Crippen LogP contribution in [0.25, 0.3) is 5.57 Å². The maximum absolute atomic E-state index is 14.3. The lowest BCUT2D eigenvalue weighted by Gasteiger charge is -2.42. The van der Waals surface area contributed by atoms with Crippen molar-refractivity contribution in [1.82, 2.24) is 4.90 Å². The molecule has 1 aromatic heterocycles. The molecule has 3 aliphatic rings. The number of hydrogen-bond acceptors (Lipinski definition) is 9. The fraction of sp³-hybridized carbons (Fsp3) is 0.485. The lowest BCUT2D eigenvalue weighted by Crippen LogP contribution is -2.57. The number of aliphatic carboxylic acids is 1. The maximum atomic E-state index is 14.3. The van der Waals surface area contributed by atoms with Crippen molar-refractivity contribution in [2.75, 3.05) is 38.4 Å². The van der Waals surface area contributed by atoms with E-state index in [4.69, 9.17) is 28.8 Å². The molecule has 1 N–H and O–H groups in total. The van der Waals surface area contributed by atoms with Crippen LogP contribution in [0.4, 0.5) is 10.5 Å². The minimum absolute atomic E-state index is 0.0322. The van der Waals surface area contributed by atoms with Gasteiger partial charge in [0.05, 0.1) is 31.0 Å². The number of benzene rings is 1. The third kappa shape index (κ3) is 7.69. The predicted octanol–water partition coefficient (Wildman–Crippen LogP) is 6.09. The second-order valence-electron chi connectivity index (χ2n) is 11.1. The van der Waals surface area contributed by atoms with Gasteiger partial charge in [0.15, 0.2) is 24.0 Å². The summed E-state index contributed by atoms with van der Waals surface area (Å²) in [5, 5.41) is 13.0. The quantitative estimate of drug-likeness (QED) is 0.205. The largest absolute Gasteiger partial charge is 0.493 e. The highest BCUT2D eigenvalue weighted by molar-refractivity contribution is 7.08. The lowest BCUT2D eigenvalue weighted by atomic mass is 9.94. The van der Waals surface area contributed by atoms with E-state index < -0.39 is 30.6 Å². The van der Waals surface area contributed by atoms with E-state index in [-0.39, 0.29) is 30.2 Å². The third-order valence-electron chi connectivity index (χ3n) is 8.12. The van der Waals surface area contributed by atoms with Gasteiger partial charge in [-0.1, -0.05) is 18.7 Å². The van der Waals surface area contributed by atoms with Crippen LogP contribution >= 0.6 is 11.3 Å². The zero-order valence-electron chi connectivity index (χ0n) is 25.5. The predicted molar refractivity (Wildman–Crippen MR) is 169 cm³/mol. The van der Waals surface area contributed by atoms with Crippen LogP contribution in [0.5, 0.6) is 11.5 Å². The molecular formula is C33H40N2O9S. The van der Waals surface area contributed by atoms with E-state index in [0.29, 0.717) is 63.4 Å². The van der Waals surface area contributed by atoms with Gasteiger partial charge in [0, 0.05) is 25.6 Å². The van der Waals surface area contributed by atoms with Crippen LogP contribution in [0.1, 0.15) is 67.3 Å². The summed E-state index contributed by atoms with van der Waals surface area (Å²) >= 11 is 1.60. The van der Waals surface area contributed by atoms with Gasteiger partial charge in [0.1, 0.15) is 6.61 Å². The molecule has 3 aliphatic heterocycles. The van der Waals surface area contributed by atoms with E-state index in [9.17, 15) is 14.4 Å². The number of thiophene rings is 1. The fourth-order valence-electron chi connectivity index (χ4n) is 5.85. The Kier molecular flexibility index (Phi) is 11.1. The first-order chi connectivity index (χ1) is 21.9. The summed E-state index contributed by atoms with van der Waals surface area (Å²) in [4.78, 5) is 42.3. The van der Waals surface area contributed by atoms with Crippen molar-refractivity contribution in [3.05, 3.63) is 58.8 Å². The van der Waals surface area contributed by atoms with Crippen LogP contribution in [0, 0.1) is 0 Å². The van der Waals surface area contributed by atoms with Gasteiger partial charge >= 0.3 is 12.1 Å². The topological polar surface area (TPSA) is 124 Å². The van der Waals surface area contributed by atoms with Crippen molar-refractivity contribution in [2.24, 2.45) is 0 Å². The number of methoxy groups -OCH3 is 1. The van der Waals surface area contributed by atoms with Crippen molar-refractivity contribution in [2.45, 2.75) is 69.9 Å². The Labute approximate surface area is 266 Å². The molecule has 1 aromatic carbocycles. The smallest absolute Gasteiger partial charge is 0.416 e. The zero-order chi connectivity index (χ0) is 31.8. The van der Waals surface area contributed by atoms with Gasteiger partial charge in [-0.05, 0) is 79.0 Å². The number of carboxylic acid groups (broad SMARTS) is 1. The maximum Gasteiger partial charge on any atom is 0.416 e. The van der Waals surface area contributed by atoms with Gasteiger partial charge in [0.2, 0.25) is 0 Å². The van der Waals surface area contributed by atoms with E-state index >= 15 is 0 Å². The molecule has 4 heterocycles. The Morgan fingerprint density at radius 1 is 1.20 bits per heavy atom. The van der Waals surface area contributed by atoms with Gasteiger partial charge in [0.25, 0.3) is 5.91 Å². The first kappa shape index (κ1) is 32.5. The van der Waals surface area contributed by atoms with E-state index in [0.717, 1.165) is 24.0 Å². The van der Waals surface area contributed by atoms with E-state index in [1.54, 1.807) is 28.4 Å². The molecule has 12 heteroatoms. The number of fused-ring (bicyclic) bond motifs is 2. The van der Waals surface area contributed by atoms with Crippen molar-refractivity contribution < 1.29 is 43.2 Å². The van der Waals surface area contributed by atoms with E-state index in [1.165, 1.54) is 18.1 Å². The van der Waals surface area contributed by atoms with Crippen molar-refractivity contribution in [3.8, 4) is 11.5 Å². The second-order valence-corrected chi connectivity index (χ2v) is 11.9. The summed E-state index contributed by atoms with van der Waals surface area (Å²) in [5.74, 6) is -0.425. The average Bonchev–Trinajstić information content (AvgIpc) is 3.57. The van der Waals surface area contributed by atoms with Gasteiger partial charge in [-0.3, -0.25) is 9.59 Å². The summed E-state index contributed by atoms with van der Waals surface area (Å²) in [7, 11) is 1.49. The van der Waals surface area contributed by atoms with Crippen LogP contribution < -0.4 is 14.4 Å². The van der Waals surface area contributed by atoms with Gasteiger partial charge < -0.3 is 33.7 Å². The number of unbranched alkanes of at least 4 members (excludes halogenated alkanes) is 2. The molecule has 0 saturated carbocycles. The van der Waals surface area contributed by atoms with Gasteiger partial charge in [-0.25, -0.2) is 9.69 Å². The Hall–Kier alpha value is -3.87. The molecule has 45 heavy (non-hydrogen) atoms. The minimum atomic E-state index is -0.935. The summed E-state index contributed by atoms with van der Waals surface area (Å²) < 4.78 is 29.9. The zero-order valence-corrected chi connectivity index (χ0v) is 26.3. The molecule has 0 aliphatic carbocycles. The molecule has 1 fully saturated rings. The third-order valence-corrected chi connectivity index (χ3v) is 8.80. The molecule has 5 rings (SSSR count). The Morgan fingerprint density at radius 3 is 2.78 bits per heavy atom. The lowest BCUT2D eigenvalue weighted by molar-refractivity contribution is -0.196. The number of rotatable bonds is 13. The van der Waals surface area contributed by atoms with Gasteiger partial charge in [-0.2, -0.15) is 11.3 Å². The minimum Gasteiger partial charge on any atom is -0.493 e. The summed E-state index contributed by atoms with van der Waals surface area (Å²) in [6.45, 7) is 4.82. The van der Waals surface area contributed by atoms with Crippen LogP contribution in [0.15, 0.2) is 47.7 Å². The van der Waals surface area contributed by atoms with E-state index in [2.05, 4.69) is 18.0 Å². The highest BCUT2D eigenvalue weighted by atomic mass is 32.1. The number of carboxylic acids is 1. The van der Waals surface area contributed by atoms with Gasteiger partial charge in [-0.15, -0.1) is 0 Å². The van der Waals surface area contributed by atoms with Crippen LogP contribution in [0.3, 0.4) is 0 Å². The summed E-state index contributed by atoms with van der Waals surface area (Å²) in [6.07, 6.45) is 6.23.